The van der Waals surface area contributed by atoms with E-state index in [4.69, 9.17) is 4.74 Å². The summed E-state index contributed by atoms with van der Waals surface area (Å²) in [4.78, 5) is 2.72. The molecule has 2 unspecified atom stereocenters. The molecule has 0 radical (unpaired) electrons. The van der Waals surface area contributed by atoms with Crippen LogP contribution in [0, 0.1) is 0 Å². The van der Waals surface area contributed by atoms with Crippen LogP contribution < -0.4 is 10.1 Å². The van der Waals surface area contributed by atoms with Crippen LogP contribution in [0.25, 0.3) is 0 Å². The van der Waals surface area contributed by atoms with Crippen molar-refractivity contribution in [2.75, 3.05) is 26.2 Å². The summed E-state index contributed by atoms with van der Waals surface area (Å²) in [6, 6.07) is 10.1. The highest BCUT2D eigenvalue weighted by Crippen LogP contribution is 2.35. The third-order valence-corrected chi connectivity index (χ3v) is 5.22. The highest BCUT2D eigenvalue weighted by Gasteiger charge is 2.31. The topological polar surface area (TPSA) is 24.5 Å². The van der Waals surface area contributed by atoms with Crippen molar-refractivity contribution >= 4 is 0 Å². The zero-order chi connectivity index (χ0) is 14.1. The second kappa shape index (κ2) is 5.98. The average molecular weight is 286 g/mol. The van der Waals surface area contributed by atoms with Crippen LogP contribution in [0.1, 0.15) is 43.6 Å². The first kappa shape index (κ1) is 13.6. The fourth-order valence-electron chi connectivity index (χ4n) is 3.79. The zero-order valence-corrected chi connectivity index (χ0v) is 12.8. The Bertz CT molecular complexity index is 486. The molecule has 1 aromatic rings. The van der Waals surface area contributed by atoms with E-state index in [2.05, 4.69) is 34.5 Å². The quantitative estimate of drug-likeness (QED) is 0.901. The van der Waals surface area contributed by atoms with Gasteiger partial charge in [-0.05, 0) is 38.3 Å². The Balaban J connectivity index is 1.39. The molecule has 1 saturated carbocycles. The molecule has 3 aliphatic rings. The Morgan fingerprint density at radius 2 is 2.05 bits per heavy atom. The van der Waals surface area contributed by atoms with Gasteiger partial charge in [0.2, 0.25) is 0 Å². The van der Waals surface area contributed by atoms with Crippen LogP contribution in [-0.4, -0.2) is 43.2 Å². The summed E-state index contributed by atoms with van der Waals surface area (Å²) >= 11 is 0. The molecule has 0 spiro atoms. The summed E-state index contributed by atoms with van der Waals surface area (Å²) in [5, 5.41) is 3.73. The van der Waals surface area contributed by atoms with Gasteiger partial charge in [-0.3, -0.25) is 4.90 Å². The Hall–Kier alpha value is -1.06. The molecule has 1 aromatic carbocycles. The second-order valence-electron chi connectivity index (χ2n) is 6.87. The van der Waals surface area contributed by atoms with Crippen LogP contribution >= 0.6 is 0 Å². The number of para-hydroxylation sites is 1. The van der Waals surface area contributed by atoms with Crippen LogP contribution in [0.4, 0.5) is 0 Å². The number of benzene rings is 1. The van der Waals surface area contributed by atoms with Crippen molar-refractivity contribution in [3.8, 4) is 5.75 Å². The Labute approximate surface area is 127 Å². The molecule has 2 aliphatic heterocycles. The average Bonchev–Trinajstić information content (AvgIpc) is 3.27. The number of hydrogen-bond acceptors (Lipinski definition) is 3. The molecule has 0 amide bonds. The van der Waals surface area contributed by atoms with Gasteiger partial charge in [-0.1, -0.05) is 24.6 Å². The van der Waals surface area contributed by atoms with Crippen LogP contribution in [0.15, 0.2) is 24.3 Å². The predicted molar refractivity (Wildman–Crippen MR) is 84.9 cm³/mol. The number of piperidine rings is 1. The van der Waals surface area contributed by atoms with Crippen molar-refractivity contribution in [1.29, 1.82) is 0 Å². The molecule has 1 saturated heterocycles. The van der Waals surface area contributed by atoms with Crippen LogP contribution in [0.5, 0.6) is 5.75 Å². The molecule has 114 valence electrons. The van der Waals surface area contributed by atoms with E-state index in [0.717, 1.165) is 31.0 Å². The first-order valence-electron chi connectivity index (χ1n) is 8.59. The summed E-state index contributed by atoms with van der Waals surface area (Å²) in [7, 11) is 0. The standard InChI is InChI=1S/C18H26N2O/c1-2-7-18-17(6-1)14(13-21-18)12-20-10-4-3-5-16(20)11-19-15-8-9-15/h1-2,6-7,14-16,19H,3-5,8-13H2. The van der Waals surface area contributed by atoms with E-state index in [0.29, 0.717) is 5.92 Å². The minimum atomic E-state index is 0.558. The number of nitrogens with one attached hydrogen (secondary N) is 1. The molecule has 4 rings (SSSR count). The monoisotopic (exact) mass is 286 g/mol. The fourth-order valence-corrected chi connectivity index (χ4v) is 3.79. The van der Waals surface area contributed by atoms with Gasteiger partial charge < -0.3 is 10.1 Å². The van der Waals surface area contributed by atoms with Crippen molar-refractivity contribution in [1.82, 2.24) is 10.2 Å². The van der Waals surface area contributed by atoms with E-state index in [9.17, 15) is 0 Å². The summed E-state index contributed by atoms with van der Waals surface area (Å²) < 4.78 is 5.85. The van der Waals surface area contributed by atoms with Crippen LogP contribution in [0.3, 0.4) is 0 Å². The fraction of sp³-hybridized carbons (Fsp3) is 0.667. The molecule has 3 heteroatoms. The van der Waals surface area contributed by atoms with Gasteiger partial charge in [0.1, 0.15) is 5.75 Å². The number of fused-ring (bicyclic) bond motifs is 1. The van der Waals surface area contributed by atoms with Gasteiger partial charge in [-0.15, -0.1) is 0 Å². The van der Waals surface area contributed by atoms with E-state index in [1.54, 1.807) is 0 Å². The van der Waals surface area contributed by atoms with Crippen LogP contribution in [0.2, 0.25) is 0 Å². The smallest absolute Gasteiger partial charge is 0.122 e. The van der Waals surface area contributed by atoms with E-state index < -0.39 is 0 Å². The molecule has 2 heterocycles. The van der Waals surface area contributed by atoms with Gasteiger partial charge in [-0.2, -0.15) is 0 Å². The maximum absolute atomic E-state index is 5.85. The van der Waals surface area contributed by atoms with Gasteiger partial charge in [0.05, 0.1) is 6.61 Å². The van der Waals surface area contributed by atoms with E-state index in [1.165, 1.54) is 50.8 Å². The lowest BCUT2D eigenvalue weighted by Gasteiger charge is -2.37. The third kappa shape index (κ3) is 3.09. The Morgan fingerprint density at radius 1 is 1.14 bits per heavy atom. The van der Waals surface area contributed by atoms with Crippen molar-refractivity contribution in [2.24, 2.45) is 0 Å². The van der Waals surface area contributed by atoms with E-state index >= 15 is 0 Å². The minimum absolute atomic E-state index is 0.558. The van der Waals surface area contributed by atoms with Crippen molar-refractivity contribution in [3.63, 3.8) is 0 Å². The molecular formula is C18H26N2O. The summed E-state index contributed by atoms with van der Waals surface area (Å²) in [6.45, 7) is 4.46. The number of rotatable bonds is 5. The van der Waals surface area contributed by atoms with Crippen molar-refractivity contribution in [2.45, 2.75) is 50.1 Å². The first-order valence-corrected chi connectivity index (χ1v) is 8.59. The normalized spacial score (nSPS) is 29.1. The number of hydrogen-bond donors (Lipinski definition) is 1. The number of nitrogens with zero attached hydrogens (tertiary/aromatic N) is 1. The lowest BCUT2D eigenvalue weighted by molar-refractivity contribution is 0.131. The predicted octanol–water partition coefficient (Wildman–Crippen LogP) is 2.77. The van der Waals surface area contributed by atoms with Gasteiger partial charge in [-0.25, -0.2) is 0 Å². The second-order valence-corrected chi connectivity index (χ2v) is 6.87. The minimum Gasteiger partial charge on any atom is -0.493 e. The molecular weight excluding hydrogens is 260 g/mol. The highest BCUT2D eigenvalue weighted by molar-refractivity contribution is 5.39. The number of likely N-dealkylation sites (tertiary alicyclic amines) is 1. The zero-order valence-electron chi connectivity index (χ0n) is 12.8. The van der Waals surface area contributed by atoms with Crippen LogP contribution in [-0.2, 0) is 0 Å². The number of ether oxygens (including phenoxy) is 1. The molecule has 2 atom stereocenters. The van der Waals surface area contributed by atoms with E-state index in [1.807, 2.05) is 0 Å². The lowest BCUT2D eigenvalue weighted by Crippen LogP contribution is -2.47. The molecule has 0 aromatic heterocycles. The Morgan fingerprint density at radius 3 is 2.95 bits per heavy atom. The molecule has 21 heavy (non-hydrogen) atoms. The summed E-state index contributed by atoms with van der Waals surface area (Å²) in [6.07, 6.45) is 6.88. The third-order valence-electron chi connectivity index (χ3n) is 5.22. The van der Waals surface area contributed by atoms with E-state index in [-0.39, 0.29) is 0 Å². The maximum atomic E-state index is 5.85. The molecule has 2 fully saturated rings. The maximum Gasteiger partial charge on any atom is 0.122 e. The first-order chi connectivity index (χ1) is 10.4. The van der Waals surface area contributed by atoms with Gasteiger partial charge in [0.15, 0.2) is 0 Å². The molecule has 1 aliphatic carbocycles. The molecule has 0 bridgehead atoms. The molecule has 3 nitrogen and oxygen atoms in total. The summed E-state index contributed by atoms with van der Waals surface area (Å²) in [5.41, 5.74) is 1.41. The van der Waals surface area contributed by atoms with Gasteiger partial charge in [0.25, 0.3) is 0 Å². The Kier molecular flexibility index (Phi) is 3.87. The molecule has 1 N–H and O–H groups in total. The highest BCUT2D eigenvalue weighted by atomic mass is 16.5. The van der Waals surface area contributed by atoms with Crippen molar-refractivity contribution < 1.29 is 4.74 Å². The van der Waals surface area contributed by atoms with Crippen molar-refractivity contribution in [3.05, 3.63) is 29.8 Å². The van der Waals surface area contributed by atoms with Gasteiger partial charge in [0, 0.05) is 36.7 Å². The van der Waals surface area contributed by atoms with Gasteiger partial charge >= 0.3 is 0 Å². The summed E-state index contributed by atoms with van der Waals surface area (Å²) in [5.74, 6) is 1.66. The lowest BCUT2D eigenvalue weighted by atomic mass is 9.96. The SMILES string of the molecule is c1ccc2c(c1)OCC2CN1CCCCC1CNC1CC1. The largest absolute Gasteiger partial charge is 0.493 e.